The van der Waals surface area contributed by atoms with E-state index in [9.17, 15) is 9.59 Å². The number of carbonyl (C=O) groups is 2. The Balaban J connectivity index is 2.35. The van der Waals surface area contributed by atoms with Crippen molar-refractivity contribution in [2.75, 3.05) is 6.61 Å². The van der Waals surface area contributed by atoms with Crippen LogP contribution in [0.4, 0.5) is 0 Å². The van der Waals surface area contributed by atoms with Crippen LogP contribution in [0.1, 0.15) is 33.1 Å². The third kappa shape index (κ3) is 3.90. The Hall–Kier alpha value is -0.940. The summed E-state index contributed by atoms with van der Waals surface area (Å²) in [5.41, 5.74) is 0. The summed E-state index contributed by atoms with van der Waals surface area (Å²) in [6.45, 7) is 3.14. The molecule has 0 aromatic rings. The number of ether oxygens (including phenoxy) is 2. The number of rotatable bonds is 5. The average molecular weight is 230 g/mol. The molecule has 1 N–H and O–H groups in total. The Morgan fingerprint density at radius 1 is 1.44 bits per heavy atom. The van der Waals surface area contributed by atoms with E-state index in [0.29, 0.717) is 6.42 Å². The Morgan fingerprint density at radius 2 is 2.12 bits per heavy atom. The molecule has 0 aliphatic carbocycles. The molecular formula is C11H18O5. The van der Waals surface area contributed by atoms with Crippen LogP contribution in [-0.2, 0) is 19.1 Å². The first kappa shape index (κ1) is 13.1. The molecule has 1 aliphatic rings. The number of hydrogen-bond acceptors (Lipinski definition) is 5. The zero-order chi connectivity index (χ0) is 12.1. The number of ketones is 1. The minimum absolute atomic E-state index is 0.0113. The molecule has 16 heavy (non-hydrogen) atoms. The summed E-state index contributed by atoms with van der Waals surface area (Å²) >= 11 is 0. The third-order valence-electron chi connectivity index (χ3n) is 2.53. The highest BCUT2D eigenvalue weighted by Gasteiger charge is 2.35. The van der Waals surface area contributed by atoms with E-state index in [1.807, 2.05) is 6.92 Å². The summed E-state index contributed by atoms with van der Waals surface area (Å²) in [4.78, 5) is 22.0. The van der Waals surface area contributed by atoms with Crippen LogP contribution >= 0.6 is 0 Å². The summed E-state index contributed by atoms with van der Waals surface area (Å²) in [6.07, 6.45) is 0.0553. The minimum Gasteiger partial charge on any atom is -0.459 e. The van der Waals surface area contributed by atoms with Gasteiger partial charge in [-0.2, -0.15) is 0 Å². The van der Waals surface area contributed by atoms with Crippen LogP contribution in [0.15, 0.2) is 0 Å². The largest absolute Gasteiger partial charge is 0.459 e. The van der Waals surface area contributed by atoms with Crippen LogP contribution in [0.3, 0.4) is 0 Å². The number of aliphatic hydroxyl groups is 1. The quantitative estimate of drug-likeness (QED) is 0.694. The van der Waals surface area contributed by atoms with E-state index in [1.54, 1.807) is 0 Å². The summed E-state index contributed by atoms with van der Waals surface area (Å²) in [5, 5.41) is 9.01. The Labute approximate surface area is 94.7 Å². The van der Waals surface area contributed by atoms with Gasteiger partial charge in [0, 0.05) is 12.8 Å². The molecule has 0 spiro atoms. The number of esters is 1. The molecule has 0 unspecified atom stereocenters. The molecule has 1 saturated heterocycles. The maximum atomic E-state index is 11.4. The zero-order valence-corrected chi connectivity index (χ0v) is 9.64. The van der Waals surface area contributed by atoms with Crippen molar-refractivity contribution in [1.29, 1.82) is 0 Å². The average Bonchev–Trinajstić information content (AvgIpc) is 2.55. The maximum Gasteiger partial charge on any atom is 0.306 e. The van der Waals surface area contributed by atoms with Crippen LogP contribution in [0, 0.1) is 0 Å². The summed E-state index contributed by atoms with van der Waals surface area (Å²) < 4.78 is 10.5. The fraction of sp³-hybridized carbons (Fsp3) is 0.818. The number of hydrogen-bond donors (Lipinski definition) is 1. The molecule has 0 amide bonds. The normalized spacial score (nSPS) is 29.1. The van der Waals surface area contributed by atoms with Crippen molar-refractivity contribution < 1.29 is 24.2 Å². The van der Waals surface area contributed by atoms with Gasteiger partial charge in [-0.3, -0.25) is 4.79 Å². The molecule has 1 rings (SSSR count). The van der Waals surface area contributed by atoms with Crippen LogP contribution in [0.5, 0.6) is 0 Å². The molecule has 5 heteroatoms. The van der Waals surface area contributed by atoms with Crippen molar-refractivity contribution in [2.45, 2.75) is 51.4 Å². The van der Waals surface area contributed by atoms with Crippen molar-refractivity contribution >= 4 is 11.8 Å². The molecule has 0 aromatic heterocycles. The molecule has 92 valence electrons. The lowest BCUT2D eigenvalue weighted by Gasteiger charge is -2.16. The first-order valence-electron chi connectivity index (χ1n) is 5.48. The van der Waals surface area contributed by atoms with Crippen molar-refractivity contribution in [3.8, 4) is 0 Å². The number of aliphatic hydroxyl groups excluding tert-OH is 1. The van der Waals surface area contributed by atoms with Crippen LogP contribution in [0.2, 0.25) is 0 Å². The van der Waals surface area contributed by atoms with Crippen LogP contribution in [-0.4, -0.2) is 41.8 Å². The highest BCUT2D eigenvalue weighted by Crippen LogP contribution is 2.23. The van der Waals surface area contributed by atoms with Crippen molar-refractivity contribution in [3.63, 3.8) is 0 Å². The van der Waals surface area contributed by atoms with E-state index >= 15 is 0 Å². The van der Waals surface area contributed by atoms with E-state index < -0.39 is 12.1 Å². The van der Waals surface area contributed by atoms with E-state index in [0.717, 1.165) is 0 Å². The summed E-state index contributed by atoms with van der Waals surface area (Å²) in [5.74, 6) is -0.442. The summed E-state index contributed by atoms with van der Waals surface area (Å²) in [6, 6.07) is 0. The van der Waals surface area contributed by atoms with Gasteiger partial charge in [0.05, 0.1) is 19.1 Å². The van der Waals surface area contributed by atoms with E-state index in [-0.39, 0.29) is 37.4 Å². The molecule has 0 saturated carbocycles. The molecular weight excluding hydrogens is 212 g/mol. The van der Waals surface area contributed by atoms with Gasteiger partial charge in [0.15, 0.2) is 0 Å². The van der Waals surface area contributed by atoms with Gasteiger partial charge in [-0.1, -0.05) is 0 Å². The number of Topliss-reactive ketones (excluding diaryl/α,β-unsaturated/α-hetero) is 1. The lowest BCUT2D eigenvalue weighted by molar-refractivity contribution is -0.153. The monoisotopic (exact) mass is 230 g/mol. The molecule has 3 atom stereocenters. The molecule has 0 bridgehead atoms. The fourth-order valence-corrected chi connectivity index (χ4v) is 1.71. The highest BCUT2D eigenvalue weighted by molar-refractivity contribution is 5.81. The zero-order valence-electron chi connectivity index (χ0n) is 9.64. The van der Waals surface area contributed by atoms with Crippen molar-refractivity contribution in [1.82, 2.24) is 0 Å². The van der Waals surface area contributed by atoms with Crippen LogP contribution in [0.25, 0.3) is 0 Å². The van der Waals surface area contributed by atoms with Gasteiger partial charge in [-0.05, 0) is 13.8 Å². The molecule has 5 nitrogen and oxygen atoms in total. The molecule has 0 radical (unpaired) electrons. The molecule has 1 aliphatic heterocycles. The smallest absolute Gasteiger partial charge is 0.306 e. The SMILES string of the molecule is CC(=O)CCC(=O)O[C@@H]1C[C@H](C)O[C@@H]1CO. The minimum atomic E-state index is -0.434. The van der Waals surface area contributed by atoms with Gasteiger partial charge in [0.1, 0.15) is 18.0 Å². The molecule has 1 heterocycles. The van der Waals surface area contributed by atoms with Gasteiger partial charge in [0.2, 0.25) is 0 Å². The van der Waals surface area contributed by atoms with E-state index in [4.69, 9.17) is 14.6 Å². The summed E-state index contributed by atoms with van der Waals surface area (Å²) in [7, 11) is 0. The maximum absolute atomic E-state index is 11.4. The second kappa shape index (κ2) is 5.96. The van der Waals surface area contributed by atoms with Crippen molar-refractivity contribution in [3.05, 3.63) is 0 Å². The van der Waals surface area contributed by atoms with Gasteiger partial charge in [-0.15, -0.1) is 0 Å². The van der Waals surface area contributed by atoms with Gasteiger partial charge in [0.25, 0.3) is 0 Å². The lowest BCUT2D eigenvalue weighted by Crippen LogP contribution is -2.30. The van der Waals surface area contributed by atoms with E-state index in [2.05, 4.69) is 0 Å². The molecule has 0 aromatic carbocycles. The second-order valence-corrected chi connectivity index (χ2v) is 4.13. The van der Waals surface area contributed by atoms with Crippen molar-refractivity contribution in [2.24, 2.45) is 0 Å². The van der Waals surface area contributed by atoms with Gasteiger partial charge >= 0.3 is 5.97 Å². The second-order valence-electron chi connectivity index (χ2n) is 4.13. The van der Waals surface area contributed by atoms with Gasteiger partial charge < -0.3 is 19.4 Å². The number of carbonyl (C=O) groups excluding carboxylic acids is 2. The Kier molecular flexibility index (Phi) is 4.89. The van der Waals surface area contributed by atoms with E-state index in [1.165, 1.54) is 6.92 Å². The predicted molar refractivity (Wildman–Crippen MR) is 55.8 cm³/mol. The fourth-order valence-electron chi connectivity index (χ4n) is 1.71. The lowest BCUT2D eigenvalue weighted by atomic mass is 10.1. The predicted octanol–water partition coefficient (Wildman–Crippen LogP) is 0.437. The van der Waals surface area contributed by atoms with Gasteiger partial charge in [-0.25, -0.2) is 0 Å². The third-order valence-corrected chi connectivity index (χ3v) is 2.53. The van der Waals surface area contributed by atoms with Crippen LogP contribution < -0.4 is 0 Å². The Morgan fingerprint density at radius 3 is 2.69 bits per heavy atom. The standard InChI is InChI=1S/C11H18O5/c1-7(13)3-4-11(14)16-9-5-8(2)15-10(9)6-12/h8-10,12H,3-6H2,1-2H3/t8-,9+,10+/m0/s1. The first-order valence-corrected chi connectivity index (χ1v) is 5.48. The Bertz CT molecular complexity index is 263. The topological polar surface area (TPSA) is 72.8 Å². The first-order chi connectivity index (χ1) is 7.52. The molecule has 1 fully saturated rings. The highest BCUT2D eigenvalue weighted by atomic mass is 16.6.